The highest BCUT2D eigenvalue weighted by Crippen LogP contribution is 2.57. The third-order valence-electron chi connectivity index (χ3n) is 6.32. The summed E-state index contributed by atoms with van der Waals surface area (Å²) in [5.74, 6) is -0.0606. The Balaban J connectivity index is 3.36. The zero-order valence-corrected chi connectivity index (χ0v) is 21.8. The third-order valence-corrected chi connectivity index (χ3v) is 10.0. The summed E-state index contributed by atoms with van der Waals surface area (Å²) in [7, 11) is -1.39. The minimum atomic E-state index is -1.39. The Bertz CT molecular complexity index is 954. The van der Waals surface area contributed by atoms with Gasteiger partial charge in [-0.15, -0.1) is 10.3 Å². The number of rotatable bonds is 11. The van der Waals surface area contributed by atoms with Gasteiger partial charge in [0.2, 0.25) is 0 Å². The number of allylic oxidation sites excluding steroid dienone is 1. The molecule has 8 heteroatoms. The van der Waals surface area contributed by atoms with Crippen molar-refractivity contribution in [3.8, 4) is 0 Å². The van der Waals surface area contributed by atoms with Crippen molar-refractivity contribution < 1.29 is 13.7 Å². The quantitative estimate of drug-likeness (QED) is 0.298. The Morgan fingerprint density at radius 3 is 2.38 bits per heavy atom. The van der Waals surface area contributed by atoms with Crippen LogP contribution in [0.4, 0.5) is 0 Å². The minimum absolute atomic E-state index is 0.0168. The van der Waals surface area contributed by atoms with E-state index < -0.39 is 27.5 Å². The third kappa shape index (κ3) is 7.24. The average molecular weight is 469 g/mol. The number of hydrogen-bond acceptors (Lipinski definition) is 5. The maximum absolute atomic E-state index is 12.3. The first-order chi connectivity index (χ1) is 14.8. The van der Waals surface area contributed by atoms with Gasteiger partial charge in [-0.2, -0.15) is 0 Å². The molecule has 0 amide bonds. The molecule has 1 heterocycles. The van der Waals surface area contributed by atoms with Crippen LogP contribution in [-0.2, 0) is 13.7 Å². The lowest BCUT2D eigenvalue weighted by atomic mass is 9.97. The standard InChI is InChI=1S/C24H40N2O5S/c1-10-19(16-31-32(8,9)24(6,7)17(3)4)20(12-13-21(27)30-11-2)15-26-14-18(5)22(28)25-23(26)29/h12-15,17,19H,10-11,16H2,1-9H3,(H,25,28,29)/b13-12+,20-15-. The van der Waals surface area contributed by atoms with Crippen molar-refractivity contribution in [1.82, 2.24) is 9.55 Å². The van der Waals surface area contributed by atoms with E-state index >= 15 is 0 Å². The zero-order valence-electron chi connectivity index (χ0n) is 21.0. The van der Waals surface area contributed by atoms with Crippen LogP contribution in [-0.4, -0.2) is 46.0 Å². The van der Waals surface area contributed by atoms with Crippen molar-refractivity contribution in [3.05, 3.63) is 50.3 Å². The summed E-state index contributed by atoms with van der Waals surface area (Å²) in [5, 5.41) is 0. The highest BCUT2D eigenvalue weighted by atomic mass is 32.3. The maximum atomic E-state index is 12.3. The Hall–Kier alpha value is -2.06. The van der Waals surface area contributed by atoms with Crippen LogP contribution in [0, 0.1) is 18.8 Å². The van der Waals surface area contributed by atoms with E-state index in [0.29, 0.717) is 18.1 Å². The van der Waals surface area contributed by atoms with Gasteiger partial charge < -0.3 is 8.92 Å². The van der Waals surface area contributed by atoms with Crippen LogP contribution < -0.4 is 11.2 Å². The predicted molar refractivity (Wildman–Crippen MR) is 134 cm³/mol. The molecule has 0 aliphatic carbocycles. The van der Waals surface area contributed by atoms with E-state index in [1.165, 1.54) is 16.8 Å². The van der Waals surface area contributed by atoms with Crippen LogP contribution in [0.1, 0.15) is 53.5 Å². The number of aromatic nitrogens is 2. The van der Waals surface area contributed by atoms with Crippen LogP contribution >= 0.6 is 10.3 Å². The molecule has 0 aromatic carbocycles. The second-order valence-corrected chi connectivity index (χ2v) is 12.8. The summed E-state index contributed by atoms with van der Waals surface area (Å²) >= 11 is 0. The van der Waals surface area contributed by atoms with Crippen LogP contribution in [0.25, 0.3) is 6.20 Å². The number of esters is 1. The second-order valence-electron chi connectivity index (χ2n) is 9.07. The molecule has 0 saturated carbocycles. The fraction of sp³-hybridized carbons (Fsp3) is 0.625. The van der Waals surface area contributed by atoms with E-state index in [1.807, 2.05) is 6.92 Å². The number of hydrogen-bond donors (Lipinski definition) is 1. The average Bonchev–Trinajstić information content (AvgIpc) is 2.69. The summed E-state index contributed by atoms with van der Waals surface area (Å²) in [6.07, 6.45) is 11.3. The largest absolute Gasteiger partial charge is 0.463 e. The number of ether oxygens (including phenoxy) is 1. The Labute approximate surface area is 193 Å². The van der Waals surface area contributed by atoms with E-state index in [4.69, 9.17) is 8.92 Å². The first-order valence-electron chi connectivity index (χ1n) is 11.0. The molecule has 1 rings (SSSR count). The van der Waals surface area contributed by atoms with Crippen LogP contribution in [0.3, 0.4) is 0 Å². The summed E-state index contributed by atoms with van der Waals surface area (Å²) in [5.41, 5.74) is 0.208. The van der Waals surface area contributed by atoms with Crippen molar-refractivity contribution in [2.24, 2.45) is 11.8 Å². The summed E-state index contributed by atoms with van der Waals surface area (Å²) in [6.45, 7) is 15.0. The van der Waals surface area contributed by atoms with Gasteiger partial charge in [-0.3, -0.25) is 14.3 Å². The summed E-state index contributed by atoms with van der Waals surface area (Å²) in [6, 6.07) is 0. The molecule has 0 bridgehead atoms. The Morgan fingerprint density at radius 2 is 1.84 bits per heavy atom. The molecule has 0 spiro atoms. The van der Waals surface area contributed by atoms with Gasteiger partial charge >= 0.3 is 11.7 Å². The maximum Gasteiger partial charge on any atom is 0.332 e. The van der Waals surface area contributed by atoms with Crippen molar-refractivity contribution in [3.63, 3.8) is 0 Å². The molecule has 1 N–H and O–H groups in total. The van der Waals surface area contributed by atoms with Crippen molar-refractivity contribution in [2.75, 3.05) is 25.7 Å². The molecular formula is C24H40N2O5S. The molecule has 0 aliphatic heterocycles. The predicted octanol–water partition coefficient (Wildman–Crippen LogP) is 4.26. The number of nitrogens with zero attached hydrogens (tertiary/aromatic N) is 1. The van der Waals surface area contributed by atoms with E-state index in [0.717, 1.165) is 12.0 Å². The molecule has 1 unspecified atom stereocenters. The highest BCUT2D eigenvalue weighted by molar-refractivity contribution is 8.29. The molecule has 0 radical (unpaired) electrons. The summed E-state index contributed by atoms with van der Waals surface area (Å²) < 4.78 is 12.9. The van der Waals surface area contributed by atoms with E-state index in [-0.39, 0.29) is 17.3 Å². The van der Waals surface area contributed by atoms with Gasteiger partial charge in [-0.05, 0) is 64.2 Å². The molecule has 1 aromatic rings. The molecule has 1 atom stereocenters. The first kappa shape index (κ1) is 28.0. The molecule has 0 aliphatic rings. The highest BCUT2D eigenvalue weighted by Gasteiger charge is 2.37. The number of aryl methyl sites for hydroxylation is 1. The van der Waals surface area contributed by atoms with Crippen LogP contribution in [0.15, 0.2) is 33.5 Å². The normalized spacial score (nSPS) is 14.8. The van der Waals surface area contributed by atoms with Gasteiger partial charge in [-0.25, -0.2) is 9.59 Å². The van der Waals surface area contributed by atoms with E-state index in [2.05, 4.69) is 45.2 Å². The first-order valence-corrected chi connectivity index (χ1v) is 13.4. The molecule has 1 aromatic heterocycles. The molecule has 32 heavy (non-hydrogen) atoms. The van der Waals surface area contributed by atoms with Crippen LogP contribution in [0.2, 0.25) is 0 Å². The molecular weight excluding hydrogens is 428 g/mol. The molecule has 182 valence electrons. The van der Waals surface area contributed by atoms with E-state index in [9.17, 15) is 14.4 Å². The SMILES string of the molecule is CCOC(=O)/C=C/C(=C/n1cc(C)c(=O)[nH]c1=O)C(CC)COS(C)(C)C(C)(C)C(C)C. The van der Waals surface area contributed by atoms with Gasteiger partial charge in [0.05, 0.1) is 13.2 Å². The van der Waals surface area contributed by atoms with E-state index in [1.54, 1.807) is 26.1 Å². The van der Waals surface area contributed by atoms with Gasteiger partial charge in [0.25, 0.3) is 5.56 Å². The lowest BCUT2D eigenvalue weighted by Gasteiger charge is -2.49. The van der Waals surface area contributed by atoms with Crippen LogP contribution in [0.5, 0.6) is 0 Å². The lowest BCUT2D eigenvalue weighted by molar-refractivity contribution is -0.137. The number of aromatic amines is 1. The Morgan fingerprint density at radius 1 is 1.22 bits per heavy atom. The fourth-order valence-corrected chi connectivity index (χ4v) is 4.85. The van der Waals surface area contributed by atoms with Gasteiger partial charge in [0.15, 0.2) is 0 Å². The Kier molecular flexibility index (Phi) is 10.2. The topological polar surface area (TPSA) is 90.4 Å². The van der Waals surface area contributed by atoms with Gasteiger partial charge in [0, 0.05) is 34.7 Å². The molecule has 0 fully saturated rings. The van der Waals surface area contributed by atoms with Crippen molar-refractivity contribution in [2.45, 2.75) is 59.6 Å². The van der Waals surface area contributed by atoms with Crippen molar-refractivity contribution >= 4 is 22.5 Å². The monoisotopic (exact) mass is 468 g/mol. The lowest BCUT2D eigenvalue weighted by Crippen LogP contribution is -2.35. The minimum Gasteiger partial charge on any atom is -0.463 e. The second kappa shape index (κ2) is 11.7. The molecule has 7 nitrogen and oxygen atoms in total. The number of H-pyrrole nitrogens is 1. The molecule has 0 saturated heterocycles. The van der Waals surface area contributed by atoms with Crippen molar-refractivity contribution in [1.29, 1.82) is 0 Å². The van der Waals surface area contributed by atoms with Gasteiger partial charge in [-0.1, -0.05) is 20.8 Å². The number of nitrogens with one attached hydrogen (secondary N) is 1. The van der Waals surface area contributed by atoms with Gasteiger partial charge in [0.1, 0.15) is 0 Å². The smallest absolute Gasteiger partial charge is 0.332 e. The summed E-state index contributed by atoms with van der Waals surface area (Å²) in [4.78, 5) is 38.3. The number of carbonyl (C=O) groups excluding carboxylic acids is 1. The zero-order chi connectivity index (χ0) is 24.7. The number of carbonyl (C=O) groups is 1. The fourth-order valence-electron chi connectivity index (χ4n) is 2.90.